The summed E-state index contributed by atoms with van der Waals surface area (Å²) in [6, 6.07) is 14.3. The van der Waals surface area contributed by atoms with Crippen molar-refractivity contribution >= 4 is 11.6 Å². The zero-order valence-corrected chi connectivity index (χ0v) is 13.2. The number of nitrogens with zero attached hydrogens (tertiary/aromatic N) is 3. The van der Waals surface area contributed by atoms with Crippen LogP contribution in [-0.2, 0) is 11.3 Å². The van der Waals surface area contributed by atoms with Crippen LogP contribution in [0.15, 0.2) is 54.9 Å². The summed E-state index contributed by atoms with van der Waals surface area (Å²) in [6.45, 7) is 4.78. The molecule has 1 amide bonds. The molecule has 1 aliphatic rings. The quantitative estimate of drug-likeness (QED) is 0.910. The van der Waals surface area contributed by atoms with E-state index in [0.717, 1.165) is 31.7 Å². The molecule has 2 aromatic rings. The molecule has 5 heteroatoms. The minimum absolute atomic E-state index is 0.0787. The normalized spacial score (nSPS) is 15.4. The summed E-state index contributed by atoms with van der Waals surface area (Å²) in [6.07, 6.45) is 3.48. The minimum Gasteiger partial charge on any atom is -0.369 e. The summed E-state index contributed by atoms with van der Waals surface area (Å²) < 4.78 is 0. The van der Waals surface area contributed by atoms with Crippen LogP contribution in [0, 0.1) is 0 Å². The van der Waals surface area contributed by atoms with Gasteiger partial charge < -0.3 is 10.2 Å². The summed E-state index contributed by atoms with van der Waals surface area (Å²) in [4.78, 5) is 20.6. The standard InChI is InChI=1S/C18H22N4O/c23-18(20-14-16-6-8-19-9-7-16)15-21-10-12-22(13-11-21)17-4-2-1-3-5-17/h1-9H,10-15H2,(H,20,23). The van der Waals surface area contributed by atoms with Crippen LogP contribution in [0.5, 0.6) is 0 Å². The van der Waals surface area contributed by atoms with Crippen molar-refractivity contribution in [3.63, 3.8) is 0 Å². The van der Waals surface area contributed by atoms with Gasteiger partial charge in [0.25, 0.3) is 0 Å². The van der Waals surface area contributed by atoms with Gasteiger partial charge in [-0.05, 0) is 29.8 Å². The first-order valence-corrected chi connectivity index (χ1v) is 7.99. The Labute approximate surface area is 136 Å². The molecule has 120 valence electrons. The van der Waals surface area contributed by atoms with Gasteiger partial charge in [-0.2, -0.15) is 0 Å². The van der Waals surface area contributed by atoms with Gasteiger partial charge in [0.15, 0.2) is 0 Å². The number of hydrogen-bond donors (Lipinski definition) is 1. The SMILES string of the molecule is O=C(CN1CCN(c2ccccc2)CC1)NCc1ccncc1. The second kappa shape index (κ2) is 7.74. The van der Waals surface area contributed by atoms with E-state index in [9.17, 15) is 4.79 Å². The van der Waals surface area contributed by atoms with E-state index in [1.54, 1.807) is 12.4 Å². The Hall–Kier alpha value is -2.40. The highest BCUT2D eigenvalue weighted by Gasteiger charge is 2.18. The van der Waals surface area contributed by atoms with Crippen LogP contribution in [0.4, 0.5) is 5.69 Å². The third-order valence-corrected chi connectivity index (χ3v) is 4.10. The van der Waals surface area contributed by atoms with Crippen molar-refractivity contribution in [2.75, 3.05) is 37.6 Å². The number of carbonyl (C=O) groups excluding carboxylic acids is 1. The molecule has 0 spiro atoms. The number of carbonyl (C=O) groups is 1. The number of para-hydroxylation sites is 1. The van der Waals surface area contributed by atoms with Gasteiger partial charge in [0.05, 0.1) is 6.54 Å². The lowest BCUT2D eigenvalue weighted by Crippen LogP contribution is -2.49. The fourth-order valence-electron chi connectivity index (χ4n) is 2.76. The van der Waals surface area contributed by atoms with Crippen molar-refractivity contribution in [2.45, 2.75) is 6.54 Å². The van der Waals surface area contributed by atoms with E-state index in [2.05, 4.69) is 44.4 Å². The van der Waals surface area contributed by atoms with Crippen molar-refractivity contribution in [3.05, 3.63) is 60.4 Å². The smallest absolute Gasteiger partial charge is 0.234 e. The van der Waals surface area contributed by atoms with E-state index in [1.807, 2.05) is 18.2 Å². The zero-order valence-electron chi connectivity index (χ0n) is 13.2. The maximum Gasteiger partial charge on any atom is 0.234 e. The van der Waals surface area contributed by atoms with Gasteiger partial charge in [-0.15, -0.1) is 0 Å². The average molecular weight is 310 g/mol. The van der Waals surface area contributed by atoms with Crippen LogP contribution in [0.1, 0.15) is 5.56 Å². The molecule has 1 aliphatic heterocycles. The highest BCUT2D eigenvalue weighted by molar-refractivity contribution is 5.78. The Bertz CT molecular complexity index is 609. The first-order chi connectivity index (χ1) is 11.3. The second-order valence-corrected chi connectivity index (χ2v) is 5.73. The van der Waals surface area contributed by atoms with Crippen LogP contribution < -0.4 is 10.2 Å². The Morgan fingerprint density at radius 2 is 1.70 bits per heavy atom. The predicted octanol–water partition coefficient (Wildman–Crippen LogP) is 1.52. The number of anilines is 1. The highest BCUT2D eigenvalue weighted by atomic mass is 16.2. The largest absolute Gasteiger partial charge is 0.369 e. The first kappa shape index (κ1) is 15.5. The average Bonchev–Trinajstić information content (AvgIpc) is 2.62. The molecule has 1 aromatic carbocycles. The van der Waals surface area contributed by atoms with E-state index in [1.165, 1.54) is 5.69 Å². The number of pyridine rings is 1. The van der Waals surface area contributed by atoms with Crippen molar-refractivity contribution < 1.29 is 4.79 Å². The van der Waals surface area contributed by atoms with E-state index in [0.29, 0.717) is 13.1 Å². The van der Waals surface area contributed by atoms with E-state index in [-0.39, 0.29) is 5.91 Å². The van der Waals surface area contributed by atoms with Gasteiger partial charge >= 0.3 is 0 Å². The summed E-state index contributed by atoms with van der Waals surface area (Å²) in [5, 5.41) is 2.97. The van der Waals surface area contributed by atoms with E-state index < -0.39 is 0 Å². The topological polar surface area (TPSA) is 48.5 Å². The fraction of sp³-hybridized carbons (Fsp3) is 0.333. The molecule has 1 aromatic heterocycles. The third-order valence-electron chi connectivity index (χ3n) is 4.10. The van der Waals surface area contributed by atoms with Gasteiger partial charge in [-0.25, -0.2) is 0 Å². The highest BCUT2D eigenvalue weighted by Crippen LogP contribution is 2.15. The van der Waals surface area contributed by atoms with Gasteiger partial charge in [-0.1, -0.05) is 18.2 Å². The number of hydrogen-bond acceptors (Lipinski definition) is 4. The summed E-state index contributed by atoms with van der Waals surface area (Å²) in [7, 11) is 0. The number of rotatable bonds is 5. The zero-order chi connectivity index (χ0) is 15.9. The molecule has 1 fully saturated rings. The molecule has 23 heavy (non-hydrogen) atoms. The number of nitrogens with one attached hydrogen (secondary N) is 1. The molecule has 0 unspecified atom stereocenters. The number of benzene rings is 1. The maximum absolute atomic E-state index is 12.1. The minimum atomic E-state index is 0.0787. The molecule has 1 N–H and O–H groups in total. The van der Waals surface area contributed by atoms with Crippen LogP contribution in [0.2, 0.25) is 0 Å². The fourth-order valence-corrected chi connectivity index (χ4v) is 2.76. The van der Waals surface area contributed by atoms with Gasteiger partial charge in [-0.3, -0.25) is 14.7 Å². The molecule has 0 radical (unpaired) electrons. The number of piperazine rings is 1. The lowest BCUT2D eigenvalue weighted by Gasteiger charge is -2.35. The molecule has 1 saturated heterocycles. The second-order valence-electron chi connectivity index (χ2n) is 5.73. The molecule has 0 bridgehead atoms. The van der Waals surface area contributed by atoms with E-state index in [4.69, 9.17) is 0 Å². The molecule has 3 rings (SSSR count). The summed E-state index contributed by atoms with van der Waals surface area (Å²) in [5.74, 6) is 0.0787. The Balaban J connectivity index is 1.41. The van der Waals surface area contributed by atoms with Crippen molar-refractivity contribution in [1.29, 1.82) is 0 Å². The molecule has 5 nitrogen and oxygen atoms in total. The summed E-state index contributed by atoms with van der Waals surface area (Å²) in [5.41, 5.74) is 2.33. The van der Waals surface area contributed by atoms with E-state index >= 15 is 0 Å². The summed E-state index contributed by atoms with van der Waals surface area (Å²) >= 11 is 0. The van der Waals surface area contributed by atoms with Crippen molar-refractivity contribution in [2.24, 2.45) is 0 Å². The third kappa shape index (κ3) is 4.53. The van der Waals surface area contributed by atoms with Crippen molar-refractivity contribution in [3.8, 4) is 0 Å². The van der Waals surface area contributed by atoms with Crippen LogP contribution >= 0.6 is 0 Å². The molecule has 2 heterocycles. The van der Waals surface area contributed by atoms with Crippen molar-refractivity contribution in [1.82, 2.24) is 15.2 Å². The van der Waals surface area contributed by atoms with Crippen LogP contribution in [0.3, 0.4) is 0 Å². The first-order valence-electron chi connectivity index (χ1n) is 7.99. The van der Waals surface area contributed by atoms with Gasteiger partial charge in [0.2, 0.25) is 5.91 Å². The molecule has 0 atom stereocenters. The maximum atomic E-state index is 12.1. The Kier molecular flexibility index (Phi) is 5.21. The predicted molar refractivity (Wildman–Crippen MR) is 91.2 cm³/mol. The number of amides is 1. The van der Waals surface area contributed by atoms with Crippen LogP contribution in [0.25, 0.3) is 0 Å². The number of aromatic nitrogens is 1. The molecular formula is C18H22N4O. The Morgan fingerprint density at radius 1 is 1.00 bits per heavy atom. The monoisotopic (exact) mass is 310 g/mol. The molecular weight excluding hydrogens is 288 g/mol. The lowest BCUT2D eigenvalue weighted by atomic mass is 10.2. The lowest BCUT2D eigenvalue weighted by molar-refractivity contribution is -0.122. The molecule has 0 saturated carbocycles. The molecule has 0 aliphatic carbocycles. The van der Waals surface area contributed by atoms with Crippen LogP contribution in [-0.4, -0.2) is 48.5 Å². The van der Waals surface area contributed by atoms with Gasteiger partial charge in [0, 0.05) is 50.8 Å². The Morgan fingerprint density at radius 3 is 2.39 bits per heavy atom. The van der Waals surface area contributed by atoms with Gasteiger partial charge in [0.1, 0.15) is 0 Å².